The molecule has 26 heavy (non-hydrogen) atoms. The number of benzene rings is 2. The Morgan fingerprint density at radius 1 is 1.15 bits per heavy atom. The summed E-state index contributed by atoms with van der Waals surface area (Å²) in [7, 11) is -4.15. The summed E-state index contributed by atoms with van der Waals surface area (Å²) < 4.78 is 32.2. The molecule has 0 fully saturated rings. The van der Waals surface area contributed by atoms with Crippen LogP contribution in [0.15, 0.2) is 53.4 Å². The zero-order valence-electron chi connectivity index (χ0n) is 14.2. The van der Waals surface area contributed by atoms with Crippen molar-refractivity contribution in [3.8, 4) is 0 Å². The molecule has 0 aromatic heterocycles. The fraction of sp³-hybridized carbons (Fsp3) is 0.235. The van der Waals surface area contributed by atoms with Crippen LogP contribution >= 0.6 is 0 Å². The molecule has 0 saturated carbocycles. The second-order valence-electron chi connectivity index (χ2n) is 5.90. The smallest absolute Gasteiger partial charge is 0.338 e. The van der Waals surface area contributed by atoms with Gasteiger partial charge in [-0.15, -0.1) is 0 Å². The summed E-state index contributed by atoms with van der Waals surface area (Å²) in [6.45, 7) is 4.10. The average molecular weight is 378 g/mol. The topological polar surface area (TPSA) is 116 Å². The number of nitro benzene ring substituents is 1. The molecule has 2 rings (SSSR count). The minimum Gasteiger partial charge on any atom is -0.462 e. The highest BCUT2D eigenvalue weighted by Crippen LogP contribution is 2.25. The van der Waals surface area contributed by atoms with Crippen LogP contribution in [-0.4, -0.2) is 25.9 Å². The van der Waals surface area contributed by atoms with Crippen LogP contribution in [0.3, 0.4) is 0 Å². The zero-order chi connectivity index (χ0) is 19.3. The molecule has 0 heterocycles. The van der Waals surface area contributed by atoms with E-state index in [9.17, 15) is 23.3 Å². The second-order valence-corrected chi connectivity index (χ2v) is 7.55. The van der Waals surface area contributed by atoms with E-state index < -0.39 is 31.5 Å². The highest BCUT2D eigenvalue weighted by Gasteiger charge is 2.25. The van der Waals surface area contributed by atoms with Crippen LogP contribution in [0.4, 0.5) is 11.4 Å². The molecule has 0 amide bonds. The molecule has 0 radical (unpaired) electrons. The van der Waals surface area contributed by atoms with Crippen molar-refractivity contribution in [2.75, 3.05) is 11.3 Å². The molecule has 0 aliphatic carbocycles. The minimum absolute atomic E-state index is 0.170. The fourth-order valence-corrected chi connectivity index (χ4v) is 3.28. The normalized spacial score (nSPS) is 11.2. The number of hydrogen-bond acceptors (Lipinski definition) is 6. The first kappa shape index (κ1) is 19.4. The number of sulfonamides is 1. The quantitative estimate of drug-likeness (QED) is 0.449. The van der Waals surface area contributed by atoms with Crippen molar-refractivity contribution in [3.05, 3.63) is 64.2 Å². The van der Waals surface area contributed by atoms with Crippen LogP contribution < -0.4 is 4.72 Å². The standard InChI is InChI=1S/C17H18N2O6S/c1-12(2)11-25-17(20)13-7-9-14(10-8-13)18-26(23,24)16-6-4-3-5-15(16)19(21)22/h3-10,12,18H,11H2,1-2H3. The first-order chi connectivity index (χ1) is 12.2. The number of esters is 1. The maximum absolute atomic E-state index is 12.4. The number of nitro groups is 1. The molecule has 0 bridgehead atoms. The van der Waals surface area contributed by atoms with Crippen LogP contribution in [0.2, 0.25) is 0 Å². The van der Waals surface area contributed by atoms with Crippen molar-refractivity contribution >= 4 is 27.4 Å². The van der Waals surface area contributed by atoms with Gasteiger partial charge in [-0.05, 0) is 36.2 Å². The summed E-state index contributed by atoms with van der Waals surface area (Å²) in [6, 6.07) is 10.7. The Bertz CT molecular complexity index is 907. The molecule has 0 spiro atoms. The lowest BCUT2D eigenvalue weighted by molar-refractivity contribution is -0.387. The van der Waals surface area contributed by atoms with Gasteiger partial charge in [-0.2, -0.15) is 0 Å². The summed E-state index contributed by atoms with van der Waals surface area (Å²) in [6.07, 6.45) is 0. The Balaban J connectivity index is 2.18. The predicted molar refractivity (Wildman–Crippen MR) is 95.5 cm³/mol. The lowest BCUT2D eigenvalue weighted by Crippen LogP contribution is -2.15. The molecule has 2 aromatic rings. The Morgan fingerprint density at radius 2 is 1.77 bits per heavy atom. The SMILES string of the molecule is CC(C)COC(=O)c1ccc(NS(=O)(=O)c2ccccc2[N+](=O)[O-])cc1. The number of hydrogen-bond donors (Lipinski definition) is 1. The van der Waals surface area contributed by atoms with Crippen molar-refractivity contribution in [2.45, 2.75) is 18.7 Å². The van der Waals surface area contributed by atoms with Crippen molar-refractivity contribution in [3.63, 3.8) is 0 Å². The van der Waals surface area contributed by atoms with E-state index in [-0.39, 0.29) is 23.8 Å². The van der Waals surface area contributed by atoms with Crippen LogP contribution in [0.25, 0.3) is 0 Å². The number of nitrogens with zero attached hydrogens (tertiary/aromatic N) is 1. The summed E-state index contributed by atoms with van der Waals surface area (Å²) in [5.74, 6) is -0.307. The average Bonchev–Trinajstić information content (AvgIpc) is 2.60. The third-order valence-corrected chi connectivity index (χ3v) is 4.70. The molecular weight excluding hydrogens is 360 g/mol. The summed E-state index contributed by atoms with van der Waals surface area (Å²) in [5, 5.41) is 11.0. The molecule has 9 heteroatoms. The molecule has 2 aromatic carbocycles. The van der Waals surface area contributed by atoms with Gasteiger partial charge in [0.05, 0.1) is 17.1 Å². The third-order valence-electron chi connectivity index (χ3n) is 3.27. The second kappa shape index (κ2) is 7.96. The van der Waals surface area contributed by atoms with Gasteiger partial charge in [0.2, 0.25) is 0 Å². The number of ether oxygens (including phenoxy) is 1. The van der Waals surface area contributed by atoms with Gasteiger partial charge in [0, 0.05) is 11.8 Å². The lowest BCUT2D eigenvalue weighted by atomic mass is 10.2. The van der Waals surface area contributed by atoms with E-state index in [1.807, 2.05) is 13.8 Å². The van der Waals surface area contributed by atoms with E-state index in [2.05, 4.69) is 4.72 Å². The Hall–Kier alpha value is -2.94. The molecular formula is C17H18N2O6S. The van der Waals surface area contributed by atoms with Crippen LogP contribution in [0, 0.1) is 16.0 Å². The van der Waals surface area contributed by atoms with Gasteiger partial charge in [0.15, 0.2) is 4.90 Å². The van der Waals surface area contributed by atoms with Crippen molar-refractivity contribution in [2.24, 2.45) is 5.92 Å². The lowest BCUT2D eigenvalue weighted by Gasteiger charge is -2.10. The van der Waals surface area contributed by atoms with Gasteiger partial charge in [-0.3, -0.25) is 14.8 Å². The van der Waals surface area contributed by atoms with Gasteiger partial charge in [-0.25, -0.2) is 13.2 Å². The number of carbonyl (C=O) groups is 1. The van der Waals surface area contributed by atoms with Crippen LogP contribution in [0.5, 0.6) is 0 Å². The van der Waals surface area contributed by atoms with E-state index in [1.54, 1.807) is 0 Å². The van der Waals surface area contributed by atoms with Gasteiger partial charge >= 0.3 is 5.97 Å². The van der Waals surface area contributed by atoms with Crippen LogP contribution in [0.1, 0.15) is 24.2 Å². The van der Waals surface area contributed by atoms with Crippen molar-refractivity contribution in [1.29, 1.82) is 0 Å². The monoisotopic (exact) mass is 378 g/mol. The first-order valence-electron chi connectivity index (χ1n) is 7.74. The fourth-order valence-electron chi connectivity index (χ4n) is 2.05. The Morgan fingerprint density at radius 3 is 2.35 bits per heavy atom. The Kier molecular flexibility index (Phi) is 5.93. The number of para-hydroxylation sites is 1. The number of rotatable bonds is 7. The molecule has 0 aliphatic rings. The highest BCUT2D eigenvalue weighted by atomic mass is 32.2. The third kappa shape index (κ3) is 4.79. The van der Waals surface area contributed by atoms with E-state index in [0.717, 1.165) is 12.1 Å². The highest BCUT2D eigenvalue weighted by molar-refractivity contribution is 7.92. The maximum atomic E-state index is 12.4. The summed E-state index contributed by atoms with van der Waals surface area (Å²) >= 11 is 0. The summed E-state index contributed by atoms with van der Waals surface area (Å²) in [5.41, 5.74) is -0.0725. The number of nitrogens with one attached hydrogen (secondary N) is 1. The number of carbonyl (C=O) groups excluding carboxylic acids is 1. The summed E-state index contributed by atoms with van der Waals surface area (Å²) in [4.78, 5) is 21.7. The van der Waals surface area contributed by atoms with Crippen LogP contribution in [-0.2, 0) is 14.8 Å². The first-order valence-corrected chi connectivity index (χ1v) is 9.22. The van der Waals surface area contributed by atoms with Crippen molar-refractivity contribution < 1.29 is 22.9 Å². The molecule has 8 nitrogen and oxygen atoms in total. The molecule has 0 saturated heterocycles. The van der Waals surface area contributed by atoms with Gasteiger partial charge in [0.25, 0.3) is 15.7 Å². The van der Waals surface area contributed by atoms with Gasteiger partial charge in [-0.1, -0.05) is 26.0 Å². The number of anilines is 1. The molecule has 138 valence electrons. The largest absolute Gasteiger partial charge is 0.462 e. The Labute approximate surface area is 151 Å². The van der Waals surface area contributed by atoms with E-state index >= 15 is 0 Å². The van der Waals surface area contributed by atoms with E-state index in [4.69, 9.17) is 4.74 Å². The maximum Gasteiger partial charge on any atom is 0.338 e. The molecule has 0 unspecified atom stereocenters. The predicted octanol–water partition coefficient (Wildman–Crippen LogP) is 3.21. The van der Waals surface area contributed by atoms with Gasteiger partial charge in [0.1, 0.15) is 0 Å². The molecule has 0 aliphatic heterocycles. The zero-order valence-corrected chi connectivity index (χ0v) is 15.0. The molecule has 0 atom stereocenters. The van der Waals surface area contributed by atoms with E-state index in [1.165, 1.54) is 36.4 Å². The molecule has 1 N–H and O–H groups in total. The van der Waals surface area contributed by atoms with E-state index in [0.29, 0.717) is 0 Å². The van der Waals surface area contributed by atoms with Gasteiger partial charge < -0.3 is 4.74 Å². The van der Waals surface area contributed by atoms with Crippen molar-refractivity contribution in [1.82, 2.24) is 0 Å². The minimum atomic E-state index is -4.15.